The minimum atomic E-state index is 0.0722. The van der Waals surface area contributed by atoms with Crippen LogP contribution in [0.3, 0.4) is 0 Å². The van der Waals surface area contributed by atoms with Gasteiger partial charge in [-0.3, -0.25) is 16.0 Å². The molecule has 5 heteroatoms. The van der Waals surface area contributed by atoms with Gasteiger partial charge in [0.25, 0.3) is 0 Å². The van der Waals surface area contributed by atoms with E-state index in [0.717, 1.165) is 22.3 Å². The minimum absolute atomic E-state index is 0.0722. The molecule has 19 heavy (non-hydrogen) atoms. The number of aryl methyl sites for hydroxylation is 2. The van der Waals surface area contributed by atoms with E-state index in [2.05, 4.69) is 45.5 Å². The van der Waals surface area contributed by atoms with Crippen LogP contribution >= 0.6 is 15.9 Å². The highest BCUT2D eigenvalue weighted by Crippen LogP contribution is 2.25. The summed E-state index contributed by atoms with van der Waals surface area (Å²) in [6.07, 6.45) is 0.837. The van der Waals surface area contributed by atoms with Gasteiger partial charge in [0.2, 0.25) is 0 Å². The molecule has 0 aliphatic heterocycles. The third kappa shape index (κ3) is 3.05. The van der Waals surface area contributed by atoms with E-state index in [4.69, 9.17) is 5.84 Å². The molecular formula is C14H19BrN4. The van der Waals surface area contributed by atoms with Crippen molar-refractivity contribution in [1.29, 1.82) is 0 Å². The van der Waals surface area contributed by atoms with Crippen LogP contribution in [0.5, 0.6) is 0 Å². The number of hydrogen-bond acceptors (Lipinski definition) is 3. The fraction of sp³-hybridized carbons (Fsp3) is 0.357. The Morgan fingerprint density at radius 2 is 2.16 bits per heavy atom. The highest BCUT2D eigenvalue weighted by molar-refractivity contribution is 9.10. The summed E-state index contributed by atoms with van der Waals surface area (Å²) in [6, 6.07) is 8.36. The highest BCUT2D eigenvalue weighted by Gasteiger charge is 2.19. The molecule has 0 bridgehead atoms. The van der Waals surface area contributed by atoms with Gasteiger partial charge in [-0.05, 0) is 38.0 Å². The first-order valence-electron chi connectivity index (χ1n) is 6.23. The molecule has 2 aromatic rings. The van der Waals surface area contributed by atoms with E-state index in [0.29, 0.717) is 0 Å². The lowest BCUT2D eigenvalue weighted by Crippen LogP contribution is -2.30. The molecule has 0 aliphatic rings. The van der Waals surface area contributed by atoms with Gasteiger partial charge in [0.15, 0.2) is 0 Å². The Morgan fingerprint density at radius 3 is 2.68 bits per heavy atom. The average Bonchev–Trinajstić information content (AvgIpc) is 2.61. The second-order valence-electron chi connectivity index (χ2n) is 4.76. The average molecular weight is 323 g/mol. The fourth-order valence-corrected chi connectivity index (χ4v) is 2.88. The smallest absolute Gasteiger partial charge is 0.0644 e. The largest absolute Gasteiger partial charge is 0.272 e. The van der Waals surface area contributed by atoms with E-state index in [-0.39, 0.29) is 6.04 Å². The number of nitrogens with two attached hydrogens (primary N) is 1. The monoisotopic (exact) mass is 322 g/mol. The maximum atomic E-state index is 5.74. The number of nitrogens with one attached hydrogen (secondary N) is 1. The molecule has 2 rings (SSSR count). The SMILES string of the molecule is Cc1nn(C)c(C)c1C(Cc1cccc(Br)c1)NN. The first-order chi connectivity index (χ1) is 9.02. The zero-order chi connectivity index (χ0) is 14.0. The number of aromatic nitrogens is 2. The van der Waals surface area contributed by atoms with Crippen molar-refractivity contribution in [2.45, 2.75) is 26.3 Å². The first-order valence-corrected chi connectivity index (χ1v) is 7.03. The van der Waals surface area contributed by atoms with Crippen LogP contribution in [0, 0.1) is 13.8 Å². The molecule has 0 fully saturated rings. The number of nitrogens with zero attached hydrogens (tertiary/aromatic N) is 2. The molecule has 1 heterocycles. The Morgan fingerprint density at radius 1 is 1.42 bits per heavy atom. The molecule has 1 aromatic carbocycles. The van der Waals surface area contributed by atoms with Gasteiger partial charge < -0.3 is 0 Å². The summed E-state index contributed by atoms with van der Waals surface area (Å²) < 4.78 is 2.98. The maximum Gasteiger partial charge on any atom is 0.0644 e. The van der Waals surface area contributed by atoms with E-state index >= 15 is 0 Å². The summed E-state index contributed by atoms with van der Waals surface area (Å²) in [5.41, 5.74) is 7.51. The van der Waals surface area contributed by atoms with Crippen molar-refractivity contribution >= 4 is 15.9 Å². The lowest BCUT2D eigenvalue weighted by Gasteiger charge is -2.17. The van der Waals surface area contributed by atoms with E-state index in [9.17, 15) is 0 Å². The zero-order valence-electron chi connectivity index (χ0n) is 11.4. The normalized spacial score (nSPS) is 12.7. The van der Waals surface area contributed by atoms with Crippen molar-refractivity contribution < 1.29 is 0 Å². The van der Waals surface area contributed by atoms with Gasteiger partial charge in [0.05, 0.1) is 11.7 Å². The van der Waals surface area contributed by atoms with Gasteiger partial charge in [-0.2, -0.15) is 5.10 Å². The standard InChI is InChI=1S/C14H19BrN4/c1-9-14(10(2)19(3)18-9)13(17-16)8-11-5-4-6-12(15)7-11/h4-7,13,17H,8,16H2,1-3H3. The molecule has 0 amide bonds. The van der Waals surface area contributed by atoms with Crippen LogP contribution in [0.1, 0.15) is 28.6 Å². The second-order valence-corrected chi connectivity index (χ2v) is 5.68. The summed E-state index contributed by atoms with van der Waals surface area (Å²) in [7, 11) is 1.96. The van der Waals surface area contributed by atoms with Crippen LogP contribution in [-0.2, 0) is 13.5 Å². The third-order valence-electron chi connectivity index (χ3n) is 3.44. The zero-order valence-corrected chi connectivity index (χ0v) is 13.0. The topological polar surface area (TPSA) is 55.9 Å². The number of rotatable bonds is 4. The molecule has 1 unspecified atom stereocenters. The van der Waals surface area contributed by atoms with Gasteiger partial charge in [-0.15, -0.1) is 0 Å². The Balaban J connectivity index is 2.30. The number of halogens is 1. The molecule has 0 spiro atoms. The van der Waals surface area contributed by atoms with Gasteiger partial charge in [-0.25, -0.2) is 0 Å². The maximum absolute atomic E-state index is 5.74. The number of hydrogen-bond donors (Lipinski definition) is 2. The summed E-state index contributed by atoms with van der Waals surface area (Å²) in [4.78, 5) is 0. The molecule has 4 nitrogen and oxygen atoms in total. The number of hydrazine groups is 1. The van der Waals surface area contributed by atoms with Crippen LogP contribution in [-0.4, -0.2) is 9.78 Å². The summed E-state index contributed by atoms with van der Waals surface area (Å²) in [5, 5.41) is 4.45. The predicted molar refractivity (Wildman–Crippen MR) is 80.6 cm³/mol. The molecule has 102 valence electrons. The van der Waals surface area contributed by atoms with Crippen molar-refractivity contribution in [3.63, 3.8) is 0 Å². The van der Waals surface area contributed by atoms with Crippen LogP contribution in [0.15, 0.2) is 28.7 Å². The molecule has 0 saturated heterocycles. The second kappa shape index (κ2) is 5.86. The minimum Gasteiger partial charge on any atom is -0.272 e. The van der Waals surface area contributed by atoms with Crippen LogP contribution in [0.4, 0.5) is 0 Å². The summed E-state index contributed by atoms with van der Waals surface area (Å²) in [5.74, 6) is 5.74. The van der Waals surface area contributed by atoms with E-state index in [1.165, 1.54) is 11.1 Å². The Bertz CT molecular complexity index is 577. The molecule has 0 saturated carbocycles. The van der Waals surface area contributed by atoms with E-state index in [1.807, 2.05) is 30.8 Å². The van der Waals surface area contributed by atoms with Crippen LogP contribution < -0.4 is 11.3 Å². The van der Waals surface area contributed by atoms with Crippen molar-refractivity contribution in [3.8, 4) is 0 Å². The summed E-state index contributed by atoms with van der Waals surface area (Å²) >= 11 is 3.50. The fourth-order valence-electron chi connectivity index (χ4n) is 2.44. The Kier molecular flexibility index (Phi) is 4.39. The Hall–Kier alpha value is -1.17. The molecular weight excluding hydrogens is 304 g/mol. The van der Waals surface area contributed by atoms with Crippen molar-refractivity contribution in [2.75, 3.05) is 0 Å². The Labute approximate surface area is 122 Å². The highest BCUT2D eigenvalue weighted by atomic mass is 79.9. The van der Waals surface area contributed by atoms with Crippen LogP contribution in [0.2, 0.25) is 0 Å². The molecule has 0 radical (unpaired) electrons. The number of benzene rings is 1. The third-order valence-corrected chi connectivity index (χ3v) is 3.94. The predicted octanol–water partition coefficient (Wildman–Crippen LogP) is 2.55. The molecule has 1 atom stereocenters. The van der Waals surface area contributed by atoms with Gasteiger partial charge in [-0.1, -0.05) is 28.1 Å². The van der Waals surface area contributed by atoms with Gasteiger partial charge >= 0.3 is 0 Å². The van der Waals surface area contributed by atoms with Gasteiger partial charge in [0.1, 0.15) is 0 Å². The molecule has 0 aliphatic carbocycles. The van der Waals surface area contributed by atoms with E-state index < -0.39 is 0 Å². The van der Waals surface area contributed by atoms with Crippen molar-refractivity contribution in [3.05, 3.63) is 51.3 Å². The van der Waals surface area contributed by atoms with Gasteiger partial charge in [0, 0.05) is 22.8 Å². The van der Waals surface area contributed by atoms with Crippen molar-refractivity contribution in [1.82, 2.24) is 15.2 Å². The van der Waals surface area contributed by atoms with E-state index in [1.54, 1.807) is 0 Å². The molecule has 1 aromatic heterocycles. The first kappa shape index (κ1) is 14.2. The quantitative estimate of drug-likeness (QED) is 0.672. The lowest BCUT2D eigenvalue weighted by molar-refractivity contribution is 0.546. The lowest BCUT2D eigenvalue weighted by atomic mass is 9.98. The molecule has 3 N–H and O–H groups in total. The van der Waals surface area contributed by atoms with Crippen molar-refractivity contribution in [2.24, 2.45) is 12.9 Å². The summed E-state index contributed by atoms with van der Waals surface area (Å²) in [6.45, 7) is 4.09. The van der Waals surface area contributed by atoms with Crippen LogP contribution in [0.25, 0.3) is 0 Å².